The lowest BCUT2D eigenvalue weighted by molar-refractivity contribution is 0.503. The van der Waals surface area contributed by atoms with Crippen molar-refractivity contribution in [2.24, 2.45) is 5.73 Å². The Kier molecular flexibility index (Phi) is 3.24. The van der Waals surface area contributed by atoms with E-state index in [1.54, 1.807) is 6.33 Å². The molecule has 1 aliphatic heterocycles. The molecular weight excluding hydrogens is 202 g/mol. The average Bonchev–Trinajstić information content (AvgIpc) is 2.29. The number of anilines is 2. The van der Waals surface area contributed by atoms with Crippen molar-refractivity contribution in [2.75, 3.05) is 37.0 Å². The van der Waals surface area contributed by atoms with Crippen LogP contribution in [0.15, 0.2) is 12.4 Å². The van der Waals surface area contributed by atoms with Crippen LogP contribution in [0, 0.1) is 0 Å². The fourth-order valence-corrected chi connectivity index (χ4v) is 1.97. The highest BCUT2D eigenvalue weighted by molar-refractivity contribution is 5.49. The minimum atomic E-state index is 0.270. The van der Waals surface area contributed by atoms with E-state index in [4.69, 9.17) is 5.73 Å². The smallest absolute Gasteiger partial charge is 0.134 e. The molecule has 0 spiro atoms. The summed E-state index contributed by atoms with van der Waals surface area (Å²) >= 11 is 0. The molecule has 1 aromatic heterocycles. The van der Waals surface area contributed by atoms with Crippen LogP contribution in [0.5, 0.6) is 0 Å². The molecule has 0 amide bonds. The van der Waals surface area contributed by atoms with Crippen molar-refractivity contribution in [2.45, 2.75) is 18.9 Å². The van der Waals surface area contributed by atoms with Gasteiger partial charge in [0.05, 0.1) is 0 Å². The topological polar surface area (TPSA) is 58.3 Å². The molecule has 0 aliphatic carbocycles. The van der Waals surface area contributed by atoms with Gasteiger partial charge in [-0.05, 0) is 12.8 Å². The molecule has 1 aliphatic rings. The molecule has 88 valence electrons. The van der Waals surface area contributed by atoms with E-state index >= 15 is 0 Å². The van der Waals surface area contributed by atoms with Gasteiger partial charge in [0.2, 0.25) is 0 Å². The van der Waals surface area contributed by atoms with Gasteiger partial charge in [0, 0.05) is 39.3 Å². The van der Waals surface area contributed by atoms with Gasteiger partial charge in [-0.2, -0.15) is 0 Å². The third kappa shape index (κ3) is 2.41. The Bertz CT molecular complexity index is 352. The van der Waals surface area contributed by atoms with Crippen molar-refractivity contribution in [1.29, 1.82) is 0 Å². The Morgan fingerprint density at radius 3 is 2.94 bits per heavy atom. The van der Waals surface area contributed by atoms with Crippen LogP contribution >= 0.6 is 0 Å². The Morgan fingerprint density at radius 1 is 1.44 bits per heavy atom. The van der Waals surface area contributed by atoms with Crippen LogP contribution in [0.4, 0.5) is 11.6 Å². The van der Waals surface area contributed by atoms with Crippen molar-refractivity contribution in [3.63, 3.8) is 0 Å². The first kappa shape index (κ1) is 11.1. The van der Waals surface area contributed by atoms with Crippen LogP contribution < -0.4 is 15.5 Å². The Labute approximate surface area is 96.3 Å². The summed E-state index contributed by atoms with van der Waals surface area (Å²) in [4.78, 5) is 12.7. The van der Waals surface area contributed by atoms with Gasteiger partial charge in [-0.15, -0.1) is 0 Å². The normalized spacial score (nSPS) is 20.9. The zero-order valence-corrected chi connectivity index (χ0v) is 9.93. The summed E-state index contributed by atoms with van der Waals surface area (Å²) in [6.45, 7) is 1.93. The van der Waals surface area contributed by atoms with E-state index in [0.717, 1.165) is 37.6 Å². The molecule has 2 rings (SSSR count). The van der Waals surface area contributed by atoms with E-state index in [2.05, 4.69) is 14.9 Å². The van der Waals surface area contributed by atoms with E-state index in [9.17, 15) is 0 Å². The van der Waals surface area contributed by atoms with Gasteiger partial charge in [0.15, 0.2) is 0 Å². The molecule has 0 aromatic carbocycles. The number of nitrogens with two attached hydrogens (primary N) is 1. The van der Waals surface area contributed by atoms with Gasteiger partial charge in [0.25, 0.3) is 0 Å². The van der Waals surface area contributed by atoms with Crippen LogP contribution in [-0.2, 0) is 0 Å². The maximum atomic E-state index is 5.96. The maximum Gasteiger partial charge on any atom is 0.134 e. The minimum absolute atomic E-state index is 0.270. The second-order valence-corrected chi connectivity index (χ2v) is 4.48. The number of piperidine rings is 1. The minimum Gasteiger partial charge on any atom is -0.363 e. The summed E-state index contributed by atoms with van der Waals surface area (Å²) in [6.07, 6.45) is 3.87. The quantitative estimate of drug-likeness (QED) is 0.786. The zero-order chi connectivity index (χ0) is 11.5. The van der Waals surface area contributed by atoms with Crippen LogP contribution in [0.2, 0.25) is 0 Å². The predicted octanol–water partition coefficient (Wildman–Crippen LogP) is 0.470. The Morgan fingerprint density at radius 2 is 2.25 bits per heavy atom. The largest absolute Gasteiger partial charge is 0.363 e. The van der Waals surface area contributed by atoms with Crippen LogP contribution in [0.25, 0.3) is 0 Å². The lowest BCUT2D eigenvalue weighted by Gasteiger charge is -2.31. The second kappa shape index (κ2) is 4.65. The Balaban J connectivity index is 2.16. The van der Waals surface area contributed by atoms with E-state index < -0.39 is 0 Å². The molecule has 1 saturated heterocycles. The standard InChI is InChI=1S/C11H19N5/c1-15(2)10-6-11(14-8-13-10)16-5-3-4-9(12)7-16/h6,8-9H,3-5,7,12H2,1-2H3/t9-/m0/s1. The van der Waals surface area contributed by atoms with Crippen molar-refractivity contribution >= 4 is 11.6 Å². The van der Waals surface area contributed by atoms with Gasteiger partial charge in [0.1, 0.15) is 18.0 Å². The summed E-state index contributed by atoms with van der Waals surface area (Å²) in [6, 6.07) is 2.28. The summed E-state index contributed by atoms with van der Waals surface area (Å²) in [5.74, 6) is 1.91. The van der Waals surface area contributed by atoms with Crippen molar-refractivity contribution in [3.8, 4) is 0 Å². The van der Waals surface area contributed by atoms with Crippen molar-refractivity contribution in [1.82, 2.24) is 9.97 Å². The molecule has 0 unspecified atom stereocenters. The predicted molar refractivity (Wildman–Crippen MR) is 65.8 cm³/mol. The molecule has 1 aromatic rings. The lowest BCUT2D eigenvalue weighted by Crippen LogP contribution is -2.43. The molecule has 2 N–H and O–H groups in total. The summed E-state index contributed by atoms with van der Waals surface area (Å²) in [5, 5.41) is 0. The molecule has 1 fully saturated rings. The first-order chi connectivity index (χ1) is 7.66. The average molecular weight is 221 g/mol. The van der Waals surface area contributed by atoms with E-state index in [1.165, 1.54) is 0 Å². The lowest BCUT2D eigenvalue weighted by atomic mass is 10.1. The number of aromatic nitrogens is 2. The van der Waals surface area contributed by atoms with Crippen LogP contribution in [-0.4, -0.2) is 43.2 Å². The first-order valence-corrected chi connectivity index (χ1v) is 5.66. The summed E-state index contributed by atoms with van der Waals surface area (Å²) < 4.78 is 0. The SMILES string of the molecule is CN(C)c1cc(N2CCC[C@H](N)C2)ncn1. The third-order valence-corrected chi connectivity index (χ3v) is 2.88. The van der Waals surface area contributed by atoms with Crippen LogP contribution in [0.3, 0.4) is 0 Å². The summed E-state index contributed by atoms with van der Waals surface area (Å²) in [5.41, 5.74) is 5.96. The maximum absolute atomic E-state index is 5.96. The monoisotopic (exact) mass is 221 g/mol. The summed E-state index contributed by atoms with van der Waals surface area (Å²) in [7, 11) is 3.96. The van der Waals surface area contributed by atoms with E-state index in [0.29, 0.717) is 0 Å². The van der Waals surface area contributed by atoms with Gasteiger partial charge >= 0.3 is 0 Å². The molecule has 0 bridgehead atoms. The van der Waals surface area contributed by atoms with Crippen molar-refractivity contribution in [3.05, 3.63) is 12.4 Å². The fraction of sp³-hybridized carbons (Fsp3) is 0.636. The third-order valence-electron chi connectivity index (χ3n) is 2.88. The molecule has 0 saturated carbocycles. The highest BCUT2D eigenvalue weighted by Crippen LogP contribution is 2.19. The second-order valence-electron chi connectivity index (χ2n) is 4.48. The van der Waals surface area contributed by atoms with Gasteiger partial charge in [-0.3, -0.25) is 0 Å². The van der Waals surface area contributed by atoms with Gasteiger partial charge in [-0.1, -0.05) is 0 Å². The van der Waals surface area contributed by atoms with E-state index in [1.807, 2.05) is 25.1 Å². The first-order valence-electron chi connectivity index (χ1n) is 5.66. The highest BCUT2D eigenvalue weighted by Gasteiger charge is 2.18. The number of hydrogen-bond donors (Lipinski definition) is 1. The molecule has 16 heavy (non-hydrogen) atoms. The molecule has 2 heterocycles. The molecule has 5 heteroatoms. The fourth-order valence-electron chi connectivity index (χ4n) is 1.97. The molecular formula is C11H19N5. The van der Waals surface area contributed by atoms with Crippen LogP contribution in [0.1, 0.15) is 12.8 Å². The number of rotatable bonds is 2. The number of hydrogen-bond acceptors (Lipinski definition) is 5. The molecule has 0 radical (unpaired) electrons. The van der Waals surface area contributed by atoms with Crippen molar-refractivity contribution < 1.29 is 0 Å². The zero-order valence-electron chi connectivity index (χ0n) is 9.93. The molecule has 5 nitrogen and oxygen atoms in total. The number of nitrogens with zero attached hydrogens (tertiary/aromatic N) is 4. The Hall–Kier alpha value is -1.36. The van der Waals surface area contributed by atoms with Gasteiger partial charge in [-0.25, -0.2) is 9.97 Å². The van der Waals surface area contributed by atoms with E-state index in [-0.39, 0.29) is 6.04 Å². The highest BCUT2D eigenvalue weighted by atomic mass is 15.2. The van der Waals surface area contributed by atoms with Gasteiger partial charge < -0.3 is 15.5 Å². The molecule has 1 atom stereocenters.